The van der Waals surface area contributed by atoms with Crippen LogP contribution >= 0.6 is 0 Å². The molecular weight excluding hydrogens is 382 g/mol. The molecule has 0 saturated heterocycles. The molecule has 4 rings (SSSR count). The third-order valence-electron chi connectivity index (χ3n) is 4.83. The summed E-state index contributed by atoms with van der Waals surface area (Å²) in [5, 5.41) is 2.93. The summed E-state index contributed by atoms with van der Waals surface area (Å²) in [5.41, 5.74) is 8.07. The van der Waals surface area contributed by atoms with Crippen LogP contribution in [0, 0.1) is 0 Å². The molecule has 0 unspecified atom stereocenters. The van der Waals surface area contributed by atoms with E-state index in [0.29, 0.717) is 23.7 Å². The van der Waals surface area contributed by atoms with Crippen LogP contribution < -0.4 is 19.9 Å². The van der Waals surface area contributed by atoms with E-state index in [1.807, 2.05) is 42.9 Å². The van der Waals surface area contributed by atoms with E-state index in [4.69, 9.17) is 19.9 Å². The summed E-state index contributed by atoms with van der Waals surface area (Å²) < 4.78 is 16.2. The molecule has 2 N–H and O–H groups in total. The maximum atomic E-state index is 10.9. The Labute approximate surface area is 173 Å². The van der Waals surface area contributed by atoms with Crippen molar-refractivity contribution in [1.82, 2.24) is 9.97 Å². The average molecular weight is 403 g/mol. The van der Waals surface area contributed by atoms with Gasteiger partial charge in [-0.05, 0) is 52.9 Å². The van der Waals surface area contributed by atoms with Crippen molar-refractivity contribution in [1.29, 1.82) is 0 Å². The molecule has 4 aromatic rings. The number of primary amides is 1. The summed E-state index contributed by atoms with van der Waals surface area (Å²) in [4.78, 5) is 19.9. The molecule has 2 heterocycles. The highest BCUT2D eigenvalue weighted by Crippen LogP contribution is 2.34. The van der Waals surface area contributed by atoms with E-state index in [1.54, 1.807) is 20.3 Å². The highest BCUT2D eigenvalue weighted by atomic mass is 16.5. The van der Waals surface area contributed by atoms with Crippen LogP contribution in [0.15, 0.2) is 55.0 Å². The third-order valence-corrected chi connectivity index (χ3v) is 4.83. The smallest absolute Gasteiger partial charge is 0.255 e. The summed E-state index contributed by atoms with van der Waals surface area (Å²) in [6.45, 7) is -0.161. The van der Waals surface area contributed by atoms with Crippen molar-refractivity contribution in [2.45, 2.75) is 6.42 Å². The highest BCUT2D eigenvalue weighted by molar-refractivity contribution is 5.88. The fraction of sp³-hybridized carbons (Fsp3) is 0.174. The molecule has 0 bridgehead atoms. The minimum Gasteiger partial charge on any atom is -0.493 e. The molecule has 30 heavy (non-hydrogen) atoms. The third kappa shape index (κ3) is 3.96. The van der Waals surface area contributed by atoms with Gasteiger partial charge in [0.25, 0.3) is 5.91 Å². The van der Waals surface area contributed by atoms with E-state index in [-0.39, 0.29) is 6.61 Å². The minimum absolute atomic E-state index is 0.161. The molecule has 152 valence electrons. The van der Waals surface area contributed by atoms with Crippen molar-refractivity contribution < 1.29 is 19.0 Å². The van der Waals surface area contributed by atoms with Crippen molar-refractivity contribution >= 4 is 27.6 Å². The van der Waals surface area contributed by atoms with Gasteiger partial charge in [-0.2, -0.15) is 0 Å². The minimum atomic E-state index is -0.516. The fourth-order valence-electron chi connectivity index (χ4n) is 3.41. The van der Waals surface area contributed by atoms with E-state index >= 15 is 0 Å². The lowest BCUT2D eigenvalue weighted by Crippen LogP contribution is -2.19. The standard InChI is InChI=1S/C23H21N3O4/c1-28-21-8-17-12-25-11-16(19(17)9-22(21)29-2)6-14-5-15-7-18(30-13-23(24)27)3-4-20(15)26-10-14/h3-5,7-12H,6,13H2,1-2H3,(H2,24,27). The number of ether oxygens (including phenoxy) is 3. The maximum absolute atomic E-state index is 10.9. The number of aromatic nitrogens is 2. The van der Waals surface area contributed by atoms with Gasteiger partial charge in [-0.3, -0.25) is 14.8 Å². The van der Waals surface area contributed by atoms with Gasteiger partial charge in [0.2, 0.25) is 0 Å². The molecule has 0 spiro atoms. The number of hydrogen-bond donors (Lipinski definition) is 1. The normalized spacial score (nSPS) is 10.9. The van der Waals surface area contributed by atoms with Crippen LogP contribution in [0.3, 0.4) is 0 Å². The SMILES string of the molecule is COc1cc2cncc(Cc3cnc4ccc(OCC(N)=O)cc4c3)c2cc1OC. The molecule has 0 fully saturated rings. The molecular formula is C23H21N3O4. The van der Waals surface area contributed by atoms with Gasteiger partial charge in [0.05, 0.1) is 19.7 Å². The van der Waals surface area contributed by atoms with Gasteiger partial charge < -0.3 is 19.9 Å². The predicted octanol–water partition coefficient (Wildman–Crippen LogP) is 3.26. The van der Waals surface area contributed by atoms with Crippen LogP contribution in [0.5, 0.6) is 17.2 Å². The topological polar surface area (TPSA) is 96.6 Å². The molecule has 0 atom stereocenters. The maximum Gasteiger partial charge on any atom is 0.255 e. The number of methoxy groups -OCH3 is 2. The summed E-state index contributed by atoms with van der Waals surface area (Å²) in [6, 6.07) is 11.4. The molecule has 0 aliphatic heterocycles. The van der Waals surface area contributed by atoms with Gasteiger partial charge in [0.15, 0.2) is 18.1 Å². The second-order valence-electron chi connectivity index (χ2n) is 6.86. The average Bonchev–Trinajstić information content (AvgIpc) is 2.76. The van der Waals surface area contributed by atoms with Crippen LogP contribution in [0.1, 0.15) is 11.1 Å². The van der Waals surface area contributed by atoms with Crippen molar-refractivity contribution in [2.75, 3.05) is 20.8 Å². The number of hydrogen-bond acceptors (Lipinski definition) is 6. The summed E-state index contributed by atoms with van der Waals surface area (Å²) in [7, 11) is 3.23. The first-order valence-corrected chi connectivity index (χ1v) is 9.36. The molecule has 0 aliphatic rings. The number of fused-ring (bicyclic) bond motifs is 2. The van der Waals surface area contributed by atoms with Crippen LogP contribution in [-0.4, -0.2) is 36.7 Å². The van der Waals surface area contributed by atoms with E-state index in [0.717, 1.165) is 32.8 Å². The summed E-state index contributed by atoms with van der Waals surface area (Å²) >= 11 is 0. The number of amides is 1. The van der Waals surface area contributed by atoms with Crippen molar-refractivity contribution in [3.63, 3.8) is 0 Å². The Kier molecular flexibility index (Phi) is 5.34. The lowest BCUT2D eigenvalue weighted by Gasteiger charge is -2.12. The Bertz CT molecular complexity index is 1240. The van der Waals surface area contributed by atoms with E-state index < -0.39 is 5.91 Å². The Balaban J connectivity index is 1.69. The highest BCUT2D eigenvalue weighted by Gasteiger charge is 2.11. The van der Waals surface area contributed by atoms with Crippen LogP contribution in [0.4, 0.5) is 0 Å². The number of carbonyl (C=O) groups is 1. The van der Waals surface area contributed by atoms with Crippen LogP contribution in [0.2, 0.25) is 0 Å². The molecule has 7 heteroatoms. The molecule has 0 aliphatic carbocycles. The zero-order valence-electron chi connectivity index (χ0n) is 16.7. The molecule has 0 saturated carbocycles. The molecule has 2 aromatic heterocycles. The zero-order chi connectivity index (χ0) is 21.1. The first-order chi connectivity index (χ1) is 14.6. The fourth-order valence-corrected chi connectivity index (χ4v) is 3.41. The quantitative estimate of drug-likeness (QED) is 0.509. The Morgan fingerprint density at radius 2 is 1.77 bits per heavy atom. The van der Waals surface area contributed by atoms with Gasteiger partial charge in [0.1, 0.15) is 5.75 Å². The van der Waals surface area contributed by atoms with Crippen molar-refractivity contribution in [2.24, 2.45) is 5.73 Å². The lowest BCUT2D eigenvalue weighted by molar-refractivity contribution is -0.119. The second-order valence-corrected chi connectivity index (χ2v) is 6.86. The first kappa shape index (κ1) is 19.4. The predicted molar refractivity (Wildman–Crippen MR) is 114 cm³/mol. The molecule has 0 radical (unpaired) electrons. The Hall–Kier alpha value is -3.87. The van der Waals surface area contributed by atoms with E-state index in [1.165, 1.54) is 0 Å². The second kappa shape index (κ2) is 8.24. The number of nitrogens with two attached hydrogens (primary N) is 1. The number of rotatable bonds is 7. The molecule has 2 aromatic carbocycles. The van der Waals surface area contributed by atoms with Gasteiger partial charge >= 0.3 is 0 Å². The molecule has 7 nitrogen and oxygen atoms in total. The van der Waals surface area contributed by atoms with E-state index in [2.05, 4.69) is 16.0 Å². The largest absolute Gasteiger partial charge is 0.493 e. The zero-order valence-corrected chi connectivity index (χ0v) is 16.7. The van der Waals surface area contributed by atoms with Gasteiger partial charge in [0, 0.05) is 35.8 Å². The van der Waals surface area contributed by atoms with Crippen molar-refractivity contribution in [3.05, 3.63) is 66.1 Å². The number of pyridine rings is 2. The van der Waals surface area contributed by atoms with Crippen molar-refractivity contribution in [3.8, 4) is 17.2 Å². The number of benzene rings is 2. The Morgan fingerprint density at radius 3 is 2.53 bits per heavy atom. The molecule has 1 amide bonds. The Morgan fingerprint density at radius 1 is 0.967 bits per heavy atom. The number of carbonyl (C=O) groups excluding carboxylic acids is 1. The number of nitrogens with zero attached hydrogens (tertiary/aromatic N) is 2. The summed E-state index contributed by atoms with van der Waals surface area (Å²) in [5.74, 6) is 1.39. The van der Waals surface area contributed by atoms with Crippen LogP contribution in [0.25, 0.3) is 21.7 Å². The van der Waals surface area contributed by atoms with Gasteiger partial charge in [-0.15, -0.1) is 0 Å². The van der Waals surface area contributed by atoms with Gasteiger partial charge in [-0.25, -0.2) is 0 Å². The van der Waals surface area contributed by atoms with Gasteiger partial charge in [-0.1, -0.05) is 0 Å². The lowest BCUT2D eigenvalue weighted by atomic mass is 10.0. The van der Waals surface area contributed by atoms with E-state index in [9.17, 15) is 4.79 Å². The first-order valence-electron chi connectivity index (χ1n) is 9.36. The van der Waals surface area contributed by atoms with Crippen LogP contribution in [-0.2, 0) is 11.2 Å². The summed E-state index contributed by atoms with van der Waals surface area (Å²) in [6.07, 6.45) is 6.16. The monoisotopic (exact) mass is 403 g/mol.